The number of ether oxygens (including phenoxy) is 1. The summed E-state index contributed by atoms with van der Waals surface area (Å²) in [6.45, 7) is 12.3. The fraction of sp³-hybridized carbons (Fsp3) is 0.812. The highest BCUT2D eigenvalue weighted by molar-refractivity contribution is 6.31. The van der Waals surface area contributed by atoms with Crippen LogP contribution in [0.25, 0.3) is 0 Å². The van der Waals surface area contributed by atoms with Gasteiger partial charge in [-0.25, -0.2) is 0 Å². The van der Waals surface area contributed by atoms with Crippen molar-refractivity contribution in [2.45, 2.75) is 59.6 Å². The first kappa shape index (κ1) is 18.5. The molecule has 0 spiro atoms. The van der Waals surface area contributed by atoms with Gasteiger partial charge in [0.15, 0.2) is 0 Å². The van der Waals surface area contributed by atoms with Gasteiger partial charge in [-0.15, -0.1) is 0 Å². The molecule has 0 aliphatic heterocycles. The molecule has 21 heavy (non-hydrogen) atoms. The van der Waals surface area contributed by atoms with Gasteiger partial charge in [0, 0.05) is 26.1 Å². The highest BCUT2D eigenvalue weighted by Gasteiger charge is 2.27. The van der Waals surface area contributed by atoms with Crippen LogP contribution in [0.1, 0.15) is 45.5 Å². The van der Waals surface area contributed by atoms with Gasteiger partial charge in [0.1, 0.15) is 0 Å². The molecule has 122 valence electrons. The van der Waals surface area contributed by atoms with Crippen LogP contribution in [0, 0.1) is 12.8 Å². The molecule has 0 aliphatic carbocycles. The lowest BCUT2D eigenvalue weighted by atomic mass is 9.95. The van der Waals surface area contributed by atoms with E-state index in [1.54, 1.807) is 0 Å². The highest BCUT2D eigenvalue weighted by Crippen LogP contribution is 2.23. The molecule has 0 aromatic carbocycles. The molecule has 0 aliphatic rings. The Kier molecular flexibility index (Phi) is 7.71. The third kappa shape index (κ3) is 4.97. The number of halogens is 1. The van der Waals surface area contributed by atoms with E-state index in [1.165, 1.54) is 0 Å². The fourth-order valence-electron chi connectivity index (χ4n) is 2.71. The SMILES string of the molecule is CCCNC(Cc1c(Cl)c(C)nn1C)C(OCC)C(C)C. The maximum Gasteiger partial charge on any atom is 0.0847 e. The molecule has 1 aromatic heterocycles. The van der Waals surface area contributed by atoms with Crippen molar-refractivity contribution in [2.75, 3.05) is 13.2 Å². The standard InChI is InChI=1S/C16H30ClN3O/c1-7-9-18-13(16(11(3)4)21-8-2)10-14-15(17)12(5)19-20(14)6/h11,13,16,18H,7-10H2,1-6H3. The topological polar surface area (TPSA) is 39.1 Å². The zero-order valence-electron chi connectivity index (χ0n) is 14.2. The molecule has 0 amide bonds. The number of nitrogens with one attached hydrogen (secondary N) is 1. The summed E-state index contributed by atoms with van der Waals surface area (Å²) >= 11 is 6.40. The van der Waals surface area contributed by atoms with E-state index in [0.717, 1.165) is 42.4 Å². The Labute approximate surface area is 134 Å². The van der Waals surface area contributed by atoms with Crippen molar-refractivity contribution in [3.8, 4) is 0 Å². The van der Waals surface area contributed by atoms with E-state index in [4.69, 9.17) is 16.3 Å². The molecule has 0 radical (unpaired) electrons. The molecule has 1 heterocycles. The van der Waals surface area contributed by atoms with Crippen LogP contribution in [0.5, 0.6) is 0 Å². The van der Waals surface area contributed by atoms with E-state index in [-0.39, 0.29) is 12.1 Å². The minimum atomic E-state index is 0.174. The highest BCUT2D eigenvalue weighted by atomic mass is 35.5. The van der Waals surface area contributed by atoms with E-state index in [0.29, 0.717) is 5.92 Å². The largest absolute Gasteiger partial charge is 0.377 e. The zero-order valence-corrected chi connectivity index (χ0v) is 15.0. The van der Waals surface area contributed by atoms with Crippen LogP contribution in [0.2, 0.25) is 5.02 Å². The van der Waals surface area contributed by atoms with Gasteiger partial charge >= 0.3 is 0 Å². The van der Waals surface area contributed by atoms with E-state index in [9.17, 15) is 0 Å². The van der Waals surface area contributed by atoms with Crippen LogP contribution in [0.15, 0.2) is 0 Å². The molecule has 4 nitrogen and oxygen atoms in total. The van der Waals surface area contributed by atoms with Crippen molar-refractivity contribution >= 4 is 11.6 Å². The van der Waals surface area contributed by atoms with E-state index in [2.05, 4.69) is 31.2 Å². The van der Waals surface area contributed by atoms with E-state index in [1.807, 2.05) is 25.6 Å². The molecule has 1 aromatic rings. The Morgan fingerprint density at radius 2 is 2.00 bits per heavy atom. The molecule has 2 unspecified atom stereocenters. The number of aryl methyl sites for hydroxylation is 2. The lowest BCUT2D eigenvalue weighted by Gasteiger charge is -2.31. The molecular formula is C16H30ClN3O. The second kappa shape index (κ2) is 8.76. The number of nitrogens with zero attached hydrogens (tertiary/aromatic N) is 2. The molecule has 5 heteroatoms. The summed E-state index contributed by atoms with van der Waals surface area (Å²) < 4.78 is 7.88. The minimum absolute atomic E-state index is 0.174. The summed E-state index contributed by atoms with van der Waals surface area (Å²) in [7, 11) is 1.95. The van der Waals surface area contributed by atoms with Crippen molar-refractivity contribution in [1.82, 2.24) is 15.1 Å². The summed E-state index contributed by atoms with van der Waals surface area (Å²) in [6, 6.07) is 0.247. The maximum absolute atomic E-state index is 6.40. The van der Waals surface area contributed by atoms with Gasteiger partial charge in [-0.3, -0.25) is 4.68 Å². The van der Waals surface area contributed by atoms with E-state index < -0.39 is 0 Å². The van der Waals surface area contributed by atoms with Crippen molar-refractivity contribution in [2.24, 2.45) is 13.0 Å². The first-order chi connectivity index (χ1) is 9.92. The third-order valence-electron chi connectivity index (χ3n) is 3.74. The van der Waals surface area contributed by atoms with Crippen LogP contribution in [0.3, 0.4) is 0 Å². The summed E-state index contributed by atoms with van der Waals surface area (Å²) in [6.07, 6.45) is 2.11. The van der Waals surface area contributed by atoms with Crippen molar-refractivity contribution in [3.05, 3.63) is 16.4 Å². The summed E-state index contributed by atoms with van der Waals surface area (Å²) in [5, 5.41) is 8.81. The van der Waals surface area contributed by atoms with Gasteiger partial charge in [0.05, 0.1) is 22.5 Å². The number of aromatic nitrogens is 2. The van der Waals surface area contributed by atoms with Crippen LogP contribution >= 0.6 is 11.6 Å². The fourth-order valence-corrected chi connectivity index (χ4v) is 2.95. The Bertz CT molecular complexity index is 431. The average molecular weight is 316 g/mol. The second-order valence-corrected chi connectivity index (χ2v) is 6.28. The molecule has 0 fully saturated rings. The normalized spacial score (nSPS) is 14.7. The molecule has 0 saturated carbocycles. The Morgan fingerprint density at radius 3 is 2.43 bits per heavy atom. The molecule has 0 saturated heterocycles. The zero-order chi connectivity index (χ0) is 16.0. The minimum Gasteiger partial charge on any atom is -0.377 e. The Hall–Kier alpha value is -0.580. The summed E-state index contributed by atoms with van der Waals surface area (Å²) in [5.41, 5.74) is 1.97. The quantitative estimate of drug-likeness (QED) is 0.759. The average Bonchev–Trinajstić information content (AvgIpc) is 2.66. The second-order valence-electron chi connectivity index (χ2n) is 5.90. The Balaban J connectivity index is 2.95. The van der Waals surface area contributed by atoms with Gasteiger partial charge in [-0.2, -0.15) is 5.10 Å². The van der Waals surface area contributed by atoms with Gasteiger partial charge in [-0.1, -0.05) is 32.4 Å². The van der Waals surface area contributed by atoms with Gasteiger partial charge in [-0.05, 0) is 32.7 Å². The van der Waals surface area contributed by atoms with Crippen LogP contribution in [0.4, 0.5) is 0 Å². The predicted octanol–water partition coefficient (Wildman–Crippen LogP) is 3.35. The summed E-state index contributed by atoms with van der Waals surface area (Å²) in [4.78, 5) is 0. The van der Waals surface area contributed by atoms with Gasteiger partial charge in [0.2, 0.25) is 0 Å². The molecule has 0 bridgehead atoms. The van der Waals surface area contributed by atoms with Crippen LogP contribution in [-0.4, -0.2) is 35.1 Å². The van der Waals surface area contributed by atoms with Gasteiger partial charge < -0.3 is 10.1 Å². The summed E-state index contributed by atoms with van der Waals surface area (Å²) in [5.74, 6) is 0.451. The first-order valence-corrected chi connectivity index (χ1v) is 8.33. The van der Waals surface area contributed by atoms with Crippen molar-refractivity contribution < 1.29 is 4.74 Å². The lowest BCUT2D eigenvalue weighted by molar-refractivity contribution is 0.00323. The van der Waals surface area contributed by atoms with Crippen LogP contribution < -0.4 is 5.32 Å². The smallest absolute Gasteiger partial charge is 0.0847 e. The lowest BCUT2D eigenvalue weighted by Crippen LogP contribution is -2.46. The van der Waals surface area contributed by atoms with Gasteiger partial charge in [0.25, 0.3) is 0 Å². The predicted molar refractivity (Wildman–Crippen MR) is 89.0 cm³/mol. The van der Waals surface area contributed by atoms with Crippen molar-refractivity contribution in [3.63, 3.8) is 0 Å². The molecule has 1 N–H and O–H groups in total. The molecule has 1 rings (SSSR count). The number of rotatable bonds is 9. The molecular weight excluding hydrogens is 286 g/mol. The monoisotopic (exact) mass is 315 g/mol. The maximum atomic E-state index is 6.40. The number of hydrogen-bond donors (Lipinski definition) is 1. The first-order valence-electron chi connectivity index (χ1n) is 7.95. The third-order valence-corrected chi connectivity index (χ3v) is 4.24. The Morgan fingerprint density at radius 1 is 1.33 bits per heavy atom. The van der Waals surface area contributed by atoms with Crippen molar-refractivity contribution in [1.29, 1.82) is 0 Å². The van der Waals surface area contributed by atoms with Crippen LogP contribution in [-0.2, 0) is 18.2 Å². The number of hydrogen-bond acceptors (Lipinski definition) is 3. The van der Waals surface area contributed by atoms with E-state index >= 15 is 0 Å². The molecule has 2 atom stereocenters.